The number of benzene rings is 1. The number of anilines is 1. The van der Waals surface area contributed by atoms with Crippen molar-refractivity contribution >= 4 is 5.82 Å². The molecular weight excluding hydrogens is 283 g/mol. The molecule has 2 N–H and O–H groups in total. The molecule has 0 saturated carbocycles. The molecule has 3 nitrogen and oxygen atoms in total. The van der Waals surface area contributed by atoms with Gasteiger partial charge in [0.05, 0.1) is 5.56 Å². The smallest absolute Gasteiger partial charge is 0.416 e. The number of pyridine rings is 1. The van der Waals surface area contributed by atoms with E-state index in [2.05, 4.69) is 4.98 Å². The summed E-state index contributed by atoms with van der Waals surface area (Å²) in [6.45, 7) is 0. The van der Waals surface area contributed by atoms with Crippen LogP contribution in [0.3, 0.4) is 0 Å². The van der Waals surface area contributed by atoms with E-state index in [4.69, 9.17) is 10.5 Å². The van der Waals surface area contributed by atoms with Crippen LogP contribution in [0.15, 0.2) is 30.3 Å². The number of rotatable bonds is 2. The first-order valence-corrected chi connectivity index (χ1v) is 5.24. The van der Waals surface area contributed by atoms with Crippen molar-refractivity contribution < 1.29 is 26.7 Å². The molecule has 0 atom stereocenters. The fourth-order valence-electron chi connectivity index (χ4n) is 1.38. The Labute approximate surface area is 109 Å². The summed E-state index contributed by atoms with van der Waals surface area (Å²) in [6.07, 6.45) is -4.56. The van der Waals surface area contributed by atoms with E-state index in [1.54, 1.807) is 0 Å². The van der Waals surface area contributed by atoms with Crippen LogP contribution in [0.1, 0.15) is 5.56 Å². The van der Waals surface area contributed by atoms with Crippen LogP contribution in [0, 0.1) is 11.6 Å². The number of hydrogen-bond donors (Lipinski definition) is 1. The van der Waals surface area contributed by atoms with E-state index < -0.39 is 35.1 Å². The van der Waals surface area contributed by atoms with E-state index in [1.165, 1.54) is 6.07 Å². The summed E-state index contributed by atoms with van der Waals surface area (Å²) in [7, 11) is 0. The normalized spacial score (nSPS) is 11.4. The highest BCUT2D eigenvalue weighted by Crippen LogP contribution is 2.33. The molecule has 0 radical (unpaired) electrons. The van der Waals surface area contributed by atoms with Gasteiger partial charge in [-0.05, 0) is 18.2 Å². The maximum Gasteiger partial charge on any atom is 0.416 e. The predicted molar refractivity (Wildman–Crippen MR) is 60.1 cm³/mol. The average molecular weight is 290 g/mol. The first-order chi connectivity index (χ1) is 9.27. The maximum absolute atomic E-state index is 13.3. The molecule has 0 aliphatic rings. The molecule has 20 heavy (non-hydrogen) atoms. The van der Waals surface area contributed by atoms with E-state index in [1.807, 2.05) is 0 Å². The number of hydrogen-bond acceptors (Lipinski definition) is 3. The Hall–Kier alpha value is -2.38. The standard InChI is InChI=1S/C12H7F5N2O/c13-8-5-9(14)11(19-10(8)18)20-7-3-1-2-6(4-7)12(15,16)17/h1-5H,(H2,18,19). The molecule has 1 aromatic heterocycles. The molecule has 0 spiro atoms. The minimum absolute atomic E-state index is 0.294. The predicted octanol–water partition coefficient (Wildman–Crippen LogP) is 3.75. The van der Waals surface area contributed by atoms with Gasteiger partial charge in [0.2, 0.25) is 0 Å². The fourth-order valence-corrected chi connectivity index (χ4v) is 1.38. The Balaban J connectivity index is 2.33. The van der Waals surface area contributed by atoms with Crippen LogP contribution in [-0.2, 0) is 6.18 Å². The minimum atomic E-state index is -4.56. The lowest BCUT2D eigenvalue weighted by Gasteiger charge is -2.10. The summed E-state index contributed by atoms with van der Waals surface area (Å²) < 4.78 is 68.5. The highest BCUT2D eigenvalue weighted by molar-refractivity contribution is 5.38. The second-order valence-electron chi connectivity index (χ2n) is 3.77. The first-order valence-electron chi connectivity index (χ1n) is 5.24. The number of aromatic nitrogens is 1. The van der Waals surface area contributed by atoms with Crippen LogP contribution >= 0.6 is 0 Å². The zero-order valence-electron chi connectivity index (χ0n) is 9.71. The van der Waals surface area contributed by atoms with Gasteiger partial charge in [0, 0.05) is 6.07 Å². The van der Waals surface area contributed by atoms with E-state index in [0.717, 1.165) is 12.1 Å². The van der Waals surface area contributed by atoms with Gasteiger partial charge in [0.25, 0.3) is 5.88 Å². The van der Waals surface area contributed by atoms with Crippen LogP contribution in [0.25, 0.3) is 0 Å². The van der Waals surface area contributed by atoms with Crippen LogP contribution in [-0.4, -0.2) is 4.98 Å². The third-order valence-corrected chi connectivity index (χ3v) is 2.30. The number of nitrogens with zero attached hydrogens (tertiary/aromatic N) is 1. The second kappa shape index (κ2) is 4.95. The van der Waals surface area contributed by atoms with Crippen molar-refractivity contribution in [1.82, 2.24) is 4.98 Å². The van der Waals surface area contributed by atoms with Gasteiger partial charge in [-0.3, -0.25) is 0 Å². The van der Waals surface area contributed by atoms with E-state index >= 15 is 0 Å². The Morgan fingerprint density at radius 3 is 2.40 bits per heavy atom. The monoisotopic (exact) mass is 290 g/mol. The summed E-state index contributed by atoms with van der Waals surface area (Å²) in [6, 6.07) is 4.19. The molecule has 2 aromatic rings. The van der Waals surface area contributed by atoms with Crippen LogP contribution < -0.4 is 10.5 Å². The molecular formula is C12H7F5N2O. The lowest BCUT2D eigenvalue weighted by atomic mass is 10.2. The number of alkyl halides is 3. The summed E-state index contributed by atoms with van der Waals surface area (Å²) in [5.41, 5.74) is 4.16. The Morgan fingerprint density at radius 2 is 1.75 bits per heavy atom. The SMILES string of the molecule is Nc1nc(Oc2cccc(C(F)(F)F)c2)c(F)cc1F. The zero-order valence-corrected chi connectivity index (χ0v) is 9.71. The van der Waals surface area contributed by atoms with Crippen LogP contribution in [0.4, 0.5) is 27.8 Å². The average Bonchev–Trinajstić information content (AvgIpc) is 2.35. The van der Waals surface area contributed by atoms with Gasteiger partial charge in [0.1, 0.15) is 5.75 Å². The minimum Gasteiger partial charge on any atom is -0.436 e. The Bertz CT molecular complexity index is 642. The van der Waals surface area contributed by atoms with Gasteiger partial charge in [-0.2, -0.15) is 18.2 Å². The molecule has 0 fully saturated rings. The summed E-state index contributed by atoms with van der Waals surface area (Å²) in [5.74, 6) is -3.87. The molecule has 2 rings (SSSR count). The van der Waals surface area contributed by atoms with Crippen molar-refractivity contribution in [3.63, 3.8) is 0 Å². The van der Waals surface area contributed by atoms with Crippen molar-refractivity contribution in [1.29, 1.82) is 0 Å². The van der Waals surface area contributed by atoms with Crippen molar-refractivity contribution in [3.05, 3.63) is 47.5 Å². The highest BCUT2D eigenvalue weighted by Gasteiger charge is 2.30. The topological polar surface area (TPSA) is 48.1 Å². The number of nitrogen functional groups attached to an aromatic ring is 1. The van der Waals surface area contributed by atoms with Crippen molar-refractivity contribution in [2.45, 2.75) is 6.18 Å². The zero-order chi connectivity index (χ0) is 14.9. The molecule has 8 heteroatoms. The van der Waals surface area contributed by atoms with E-state index in [9.17, 15) is 22.0 Å². The Kier molecular flexibility index (Phi) is 3.47. The molecule has 0 aliphatic carbocycles. The summed E-state index contributed by atoms with van der Waals surface area (Å²) >= 11 is 0. The first kappa shape index (κ1) is 14.0. The van der Waals surface area contributed by atoms with Gasteiger partial charge in [-0.25, -0.2) is 8.78 Å². The Morgan fingerprint density at radius 1 is 1.05 bits per heavy atom. The van der Waals surface area contributed by atoms with E-state index in [-0.39, 0.29) is 5.75 Å². The molecule has 1 aromatic carbocycles. The van der Waals surface area contributed by atoms with Crippen molar-refractivity contribution in [2.75, 3.05) is 5.73 Å². The molecule has 0 aliphatic heterocycles. The lowest BCUT2D eigenvalue weighted by molar-refractivity contribution is -0.137. The number of ether oxygens (including phenoxy) is 1. The molecule has 0 bridgehead atoms. The summed E-state index contributed by atoms with van der Waals surface area (Å²) in [4.78, 5) is 3.28. The number of nitrogens with two attached hydrogens (primary N) is 1. The van der Waals surface area contributed by atoms with Crippen molar-refractivity contribution in [2.24, 2.45) is 0 Å². The largest absolute Gasteiger partial charge is 0.436 e. The van der Waals surface area contributed by atoms with Gasteiger partial charge in [-0.15, -0.1) is 0 Å². The molecule has 0 saturated heterocycles. The quantitative estimate of drug-likeness (QED) is 0.857. The molecule has 106 valence electrons. The van der Waals surface area contributed by atoms with Gasteiger partial charge in [0.15, 0.2) is 17.5 Å². The summed E-state index contributed by atoms with van der Waals surface area (Å²) in [5, 5.41) is 0. The number of halogens is 5. The fraction of sp³-hybridized carbons (Fsp3) is 0.0833. The van der Waals surface area contributed by atoms with Crippen LogP contribution in [0.5, 0.6) is 11.6 Å². The molecule has 0 amide bonds. The molecule has 0 unspecified atom stereocenters. The van der Waals surface area contributed by atoms with Crippen molar-refractivity contribution in [3.8, 4) is 11.6 Å². The maximum atomic E-state index is 13.3. The third kappa shape index (κ3) is 2.95. The lowest BCUT2D eigenvalue weighted by Crippen LogP contribution is -2.05. The highest BCUT2D eigenvalue weighted by atomic mass is 19.4. The van der Waals surface area contributed by atoms with Gasteiger partial charge >= 0.3 is 6.18 Å². The van der Waals surface area contributed by atoms with Crippen LogP contribution in [0.2, 0.25) is 0 Å². The van der Waals surface area contributed by atoms with E-state index in [0.29, 0.717) is 12.1 Å². The molecule has 1 heterocycles. The second-order valence-corrected chi connectivity index (χ2v) is 3.77. The third-order valence-electron chi connectivity index (χ3n) is 2.30. The van der Waals surface area contributed by atoms with Gasteiger partial charge in [-0.1, -0.05) is 6.07 Å². The van der Waals surface area contributed by atoms with Gasteiger partial charge < -0.3 is 10.5 Å².